The molecule has 4 nitrogen and oxygen atoms in total. The Hall–Kier alpha value is -1.55. The average molecular weight is 275 g/mol. The Morgan fingerprint density at radius 3 is 2.85 bits per heavy atom. The van der Waals surface area contributed by atoms with Crippen molar-refractivity contribution in [3.8, 4) is 0 Å². The number of nitrogen functional groups attached to an aromatic ring is 1. The van der Waals surface area contributed by atoms with Crippen molar-refractivity contribution in [2.24, 2.45) is 0 Å². The number of nitrogens with zero attached hydrogens (tertiary/aromatic N) is 1. The van der Waals surface area contributed by atoms with Crippen LogP contribution in [0.15, 0.2) is 24.3 Å². The third-order valence-electron chi connectivity index (χ3n) is 3.76. The van der Waals surface area contributed by atoms with Gasteiger partial charge >= 0.3 is 0 Å². The summed E-state index contributed by atoms with van der Waals surface area (Å²) in [5.74, 6) is 0.127. The van der Waals surface area contributed by atoms with E-state index < -0.39 is 0 Å². The smallest absolute Gasteiger partial charge is 0.237 e. The maximum absolute atomic E-state index is 12.2. The second kappa shape index (κ2) is 6.75. The number of carbonyl (C=O) groups excluding carboxylic acids is 1. The van der Waals surface area contributed by atoms with Gasteiger partial charge in [0.05, 0.1) is 6.04 Å². The molecule has 0 bridgehead atoms. The molecule has 1 aromatic rings. The van der Waals surface area contributed by atoms with Crippen LogP contribution in [-0.2, 0) is 11.3 Å². The number of hydrogen-bond donors (Lipinski definition) is 2. The number of benzene rings is 1. The number of nitrogens with one attached hydrogen (secondary N) is 1. The lowest BCUT2D eigenvalue weighted by molar-refractivity contribution is -0.126. The highest BCUT2D eigenvalue weighted by Gasteiger charge is 2.34. The van der Waals surface area contributed by atoms with Gasteiger partial charge in [-0.2, -0.15) is 0 Å². The Morgan fingerprint density at radius 2 is 2.25 bits per heavy atom. The molecule has 0 saturated heterocycles. The molecule has 0 heterocycles. The summed E-state index contributed by atoms with van der Waals surface area (Å²) in [6.45, 7) is 5.60. The normalized spacial score (nSPS) is 16.1. The molecule has 110 valence electrons. The molecule has 1 aliphatic carbocycles. The number of rotatable bonds is 7. The Bertz CT molecular complexity index is 457. The van der Waals surface area contributed by atoms with Crippen molar-refractivity contribution in [2.45, 2.75) is 51.7 Å². The molecule has 1 atom stereocenters. The Balaban J connectivity index is 2.01. The molecule has 20 heavy (non-hydrogen) atoms. The van der Waals surface area contributed by atoms with Crippen LogP contribution in [0.25, 0.3) is 0 Å². The number of amides is 1. The van der Waals surface area contributed by atoms with E-state index in [9.17, 15) is 4.79 Å². The van der Waals surface area contributed by atoms with E-state index in [1.165, 1.54) is 18.4 Å². The molecule has 1 saturated carbocycles. The minimum Gasteiger partial charge on any atom is -0.399 e. The summed E-state index contributed by atoms with van der Waals surface area (Å²) in [5, 5.41) is 2.99. The topological polar surface area (TPSA) is 58.4 Å². The van der Waals surface area contributed by atoms with Gasteiger partial charge in [0.15, 0.2) is 0 Å². The summed E-state index contributed by atoms with van der Waals surface area (Å²) in [6.07, 6.45) is 3.35. The van der Waals surface area contributed by atoms with Gasteiger partial charge in [0.2, 0.25) is 5.91 Å². The van der Waals surface area contributed by atoms with Crippen LogP contribution in [0, 0.1) is 0 Å². The first-order valence-electron chi connectivity index (χ1n) is 7.49. The predicted octanol–water partition coefficient (Wildman–Crippen LogP) is 2.15. The number of hydrogen-bond acceptors (Lipinski definition) is 3. The minimum atomic E-state index is -0.0875. The summed E-state index contributed by atoms with van der Waals surface area (Å²) < 4.78 is 0. The standard InChI is InChI=1S/C16H25N3O/c1-3-9-18-16(20)12(2)19(15-7-8-15)11-13-5-4-6-14(17)10-13/h4-6,10,12,15H,3,7-9,11,17H2,1-2H3,(H,18,20). The van der Waals surface area contributed by atoms with E-state index in [0.29, 0.717) is 6.04 Å². The van der Waals surface area contributed by atoms with Gasteiger partial charge in [-0.05, 0) is 43.9 Å². The van der Waals surface area contributed by atoms with Crippen LogP contribution in [0.4, 0.5) is 5.69 Å². The molecule has 0 radical (unpaired) electrons. The molecular formula is C16H25N3O. The van der Waals surface area contributed by atoms with Crippen LogP contribution in [0.2, 0.25) is 0 Å². The number of anilines is 1. The van der Waals surface area contributed by atoms with E-state index in [2.05, 4.69) is 23.2 Å². The van der Waals surface area contributed by atoms with Crippen molar-refractivity contribution in [1.29, 1.82) is 0 Å². The quantitative estimate of drug-likeness (QED) is 0.750. The van der Waals surface area contributed by atoms with Gasteiger partial charge in [0.25, 0.3) is 0 Å². The average Bonchev–Trinajstić information content (AvgIpc) is 3.26. The third-order valence-corrected chi connectivity index (χ3v) is 3.76. The molecule has 2 rings (SSSR count). The molecule has 1 aromatic carbocycles. The lowest BCUT2D eigenvalue weighted by Gasteiger charge is -2.28. The van der Waals surface area contributed by atoms with Gasteiger partial charge in [-0.15, -0.1) is 0 Å². The Morgan fingerprint density at radius 1 is 1.50 bits per heavy atom. The maximum Gasteiger partial charge on any atom is 0.237 e. The van der Waals surface area contributed by atoms with Crippen LogP contribution in [-0.4, -0.2) is 29.4 Å². The monoisotopic (exact) mass is 275 g/mol. The van der Waals surface area contributed by atoms with Gasteiger partial charge in [0.1, 0.15) is 0 Å². The lowest BCUT2D eigenvalue weighted by atomic mass is 10.1. The van der Waals surface area contributed by atoms with Crippen molar-refractivity contribution < 1.29 is 4.79 Å². The zero-order chi connectivity index (χ0) is 14.5. The SMILES string of the molecule is CCCNC(=O)C(C)N(Cc1cccc(N)c1)C1CC1. The van der Waals surface area contributed by atoms with Gasteiger partial charge in [-0.3, -0.25) is 9.69 Å². The molecule has 4 heteroatoms. The van der Waals surface area contributed by atoms with Crippen LogP contribution in [0.1, 0.15) is 38.7 Å². The van der Waals surface area contributed by atoms with Crippen LogP contribution in [0.5, 0.6) is 0 Å². The molecule has 0 aliphatic heterocycles. The summed E-state index contributed by atoms with van der Waals surface area (Å²) >= 11 is 0. The largest absolute Gasteiger partial charge is 0.399 e. The van der Waals surface area contributed by atoms with Gasteiger partial charge in [-0.1, -0.05) is 19.1 Å². The zero-order valence-electron chi connectivity index (χ0n) is 12.4. The molecule has 1 aliphatic rings. The van der Waals surface area contributed by atoms with Crippen molar-refractivity contribution in [3.05, 3.63) is 29.8 Å². The lowest BCUT2D eigenvalue weighted by Crippen LogP contribution is -2.46. The molecular weight excluding hydrogens is 250 g/mol. The first-order valence-corrected chi connectivity index (χ1v) is 7.49. The highest BCUT2D eigenvalue weighted by molar-refractivity contribution is 5.81. The molecule has 1 unspecified atom stereocenters. The highest BCUT2D eigenvalue weighted by Crippen LogP contribution is 2.30. The summed E-state index contributed by atoms with van der Waals surface area (Å²) in [6, 6.07) is 8.38. The second-order valence-corrected chi connectivity index (χ2v) is 5.62. The molecule has 1 amide bonds. The first kappa shape index (κ1) is 14.9. The van der Waals surface area contributed by atoms with Crippen molar-refractivity contribution >= 4 is 11.6 Å². The summed E-state index contributed by atoms with van der Waals surface area (Å²) in [5.41, 5.74) is 7.78. The summed E-state index contributed by atoms with van der Waals surface area (Å²) in [4.78, 5) is 14.4. The van der Waals surface area contributed by atoms with E-state index in [0.717, 1.165) is 25.2 Å². The van der Waals surface area contributed by atoms with Crippen molar-refractivity contribution in [3.63, 3.8) is 0 Å². The van der Waals surface area contributed by atoms with E-state index in [1.807, 2.05) is 25.1 Å². The van der Waals surface area contributed by atoms with E-state index in [1.54, 1.807) is 0 Å². The van der Waals surface area contributed by atoms with Crippen molar-refractivity contribution in [2.75, 3.05) is 12.3 Å². The van der Waals surface area contributed by atoms with Gasteiger partial charge < -0.3 is 11.1 Å². The minimum absolute atomic E-state index is 0.0875. The predicted molar refractivity (Wildman–Crippen MR) is 82.2 cm³/mol. The Labute approximate surface area is 121 Å². The number of nitrogens with two attached hydrogens (primary N) is 1. The fourth-order valence-electron chi connectivity index (χ4n) is 2.44. The first-order chi connectivity index (χ1) is 9.61. The molecule has 0 spiro atoms. The van der Waals surface area contributed by atoms with Crippen LogP contribution >= 0.6 is 0 Å². The number of carbonyl (C=O) groups is 1. The molecule has 0 aromatic heterocycles. The molecule has 3 N–H and O–H groups in total. The second-order valence-electron chi connectivity index (χ2n) is 5.62. The van der Waals surface area contributed by atoms with E-state index in [4.69, 9.17) is 5.73 Å². The van der Waals surface area contributed by atoms with Crippen LogP contribution < -0.4 is 11.1 Å². The van der Waals surface area contributed by atoms with Crippen molar-refractivity contribution in [1.82, 2.24) is 10.2 Å². The fourth-order valence-corrected chi connectivity index (χ4v) is 2.44. The zero-order valence-corrected chi connectivity index (χ0v) is 12.4. The fraction of sp³-hybridized carbons (Fsp3) is 0.562. The highest BCUT2D eigenvalue weighted by atomic mass is 16.2. The Kier molecular flexibility index (Phi) is 5.01. The van der Waals surface area contributed by atoms with E-state index >= 15 is 0 Å². The maximum atomic E-state index is 12.2. The van der Waals surface area contributed by atoms with Gasteiger partial charge in [0, 0.05) is 24.8 Å². The van der Waals surface area contributed by atoms with Crippen LogP contribution in [0.3, 0.4) is 0 Å². The van der Waals surface area contributed by atoms with E-state index in [-0.39, 0.29) is 11.9 Å². The van der Waals surface area contributed by atoms with Gasteiger partial charge in [-0.25, -0.2) is 0 Å². The third kappa shape index (κ3) is 3.97. The molecule has 1 fully saturated rings. The summed E-state index contributed by atoms with van der Waals surface area (Å²) in [7, 11) is 0.